The van der Waals surface area contributed by atoms with Crippen molar-refractivity contribution >= 4 is 23.7 Å². The summed E-state index contributed by atoms with van der Waals surface area (Å²) in [6.07, 6.45) is 10.1. The van der Waals surface area contributed by atoms with Crippen LogP contribution >= 0.6 is 0 Å². The molecule has 0 saturated heterocycles. The van der Waals surface area contributed by atoms with Gasteiger partial charge in [0, 0.05) is 11.6 Å². The number of nitrogens with zero attached hydrogens (tertiary/aromatic N) is 1. The molecule has 7 rings (SSSR count). The Morgan fingerprint density at radius 2 is 1.33 bits per heavy atom. The summed E-state index contributed by atoms with van der Waals surface area (Å²) in [5.74, 6) is 0.855. The number of nitrogens with one attached hydrogen (secondary N) is 3. The molecule has 46 heavy (non-hydrogen) atoms. The van der Waals surface area contributed by atoms with Gasteiger partial charge in [-0.25, -0.2) is 4.99 Å². The molecule has 226 valence electrons. The van der Waals surface area contributed by atoms with Gasteiger partial charge in [0.15, 0.2) is 0 Å². The monoisotopic (exact) mass is 599 g/mol. The van der Waals surface area contributed by atoms with Gasteiger partial charge in [0.25, 0.3) is 0 Å². The SMILES string of the molecule is N=C(/C=C\C(N)c1ccccc1)c1ccc(-c2cc3c(cc2C2=NC(c4ccccc4)NC(c4ccccc4)N2)=CCCC=3)cc1. The summed E-state index contributed by atoms with van der Waals surface area (Å²) in [5.41, 5.74) is 14.1. The van der Waals surface area contributed by atoms with Crippen LogP contribution in [0.2, 0.25) is 0 Å². The highest BCUT2D eigenvalue weighted by Gasteiger charge is 2.26. The molecule has 3 atom stereocenters. The van der Waals surface area contributed by atoms with Gasteiger partial charge in [-0.3, -0.25) is 5.32 Å². The Morgan fingerprint density at radius 3 is 1.98 bits per heavy atom. The van der Waals surface area contributed by atoms with Crippen molar-refractivity contribution in [2.45, 2.75) is 31.2 Å². The number of hydrogen-bond acceptors (Lipinski definition) is 5. The van der Waals surface area contributed by atoms with E-state index < -0.39 is 0 Å². The van der Waals surface area contributed by atoms with Crippen LogP contribution in [0.4, 0.5) is 0 Å². The summed E-state index contributed by atoms with van der Waals surface area (Å²) in [4.78, 5) is 5.26. The average Bonchev–Trinajstić information content (AvgIpc) is 3.14. The first-order valence-electron chi connectivity index (χ1n) is 15.9. The third kappa shape index (κ3) is 6.38. The van der Waals surface area contributed by atoms with Gasteiger partial charge in [0.2, 0.25) is 0 Å². The number of allylic oxidation sites excluding steroid dienone is 1. The Kier molecular flexibility index (Phi) is 8.51. The summed E-state index contributed by atoms with van der Waals surface area (Å²) in [7, 11) is 0. The fourth-order valence-corrected chi connectivity index (χ4v) is 6.13. The van der Waals surface area contributed by atoms with Gasteiger partial charge in [-0.15, -0.1) is 0 Å². The molecule has 1 aliphatic carbocycles. The van der Waals surface area contributed by atoms with E-state index in [0.717, 1.165) is 57.6 Å². The van der Waals surface area contributed by atoms with Crippen LogP contribution in [-0.2, 0) is 0 Å². The van der Waals surface area contributed by atoms with Crippen molar-refractivity contribution in [3.8, 4) is 11.1 Å². The number of amidine groups is 1. The lowest BCUT2D eigenvalue weighted by molar-refractivity contribution is 0.409. The van der Waals surface area contributed by atoms with Crippen LogP contribution in [0, 0.1) is 5.41 Å². The molecular weight excluding hydrogens is 562 g/mol. The van der Waals surface area contributed by atoms with Crippen LogP contribution < -0.4 is 26.8 Å². The van der Waals surface area contributed by atoms with Crippen LogP contribution in [-0.4, -0.2) is 11.5 Å². The smallest absolute Gasteiger partial charge is 0.132 e. The summed E-state index contributed by atoms with van der Waals surface area (Å²) < 4.78 is 0. The Balaban J connectivity index is 1.26. The molecular formula is C41H37N5. The lowest BCUT2D eigenvalue weighted by Crippen LogP contribution is -2.45. The largest absolute Gasteiger partial charge is 0.350 e. The first-order chi connectivity index (χ1) is 22.6. The minimum Gasteiger partial charge on any atom is -0.350 e. The molecule has 0 spiro atoms. The molecule has 0 saturated carbocycles. The number of rotatable bonds is 8. The molecule has 2 aliphatic rings. The van der Waals surface area contributed by atoms with E-state index in [4.69, 9.17) is 16.1 Å². The van der Waals surface area contributed by atoms with E-state index in [-0.39, 0.29) is 18.4 Å². The standard InChI is InChI=1S/C41H37N5/c42-37(29-12-4-1-5-13-29)24-25-38(43)30-22-20-28(21-23-30)35-26-33-18-10-11-19-34(33)27-36(35)41-45-39(31-14-6-2-7-15-31)44-40(46-41)32-16-8-3-9-17-32/h1-9,12-27,37,39-40,43-44H,10-11,42H2,(H,45,46)/b25-24-,43-38?. The molecule has 0 radical (unpaired) electrons. The van der Waals surface area contributed by atoms with E-state index in [1.54, 1.807) is 6.08 Å². The van der Waals surface area contributed by atoms with E-state index in [9.17, 15) is 0 Å². The Bertz CT molecular complexity index is 2010. The van der Waals surface area contributed by atoms with Gasteiger partial charge < -0.3 is 16.5 Å². The minimum atomic E-state index is -0.260. The van der Waals surface area contributed by atoms with E-state index in [1.165, 1.54) is 10.4 Å². The van der Waals surface area contributed by atoms with Gasteiger partial charge in [-0.05, 0) is 74.9 Å². The third-order valence-electron chi connectivity index (χ3n) is 8.65. The van der Waals surface area contributed by atoms with Crippen molar-refractivity contribution in [3.63, 3.8) is 0 Å². The van der Waals surface area contributed by atoms with Gasteiger partial charge >= 0.3 is 0 Å². The summed E-state index contributed by atoms with van der Waals surface area (Å²) in [6, 6.07) is 43.4. The number of nitrogens with two attached hydrogens (primary N) is 1. The zero-order valence-corrected chi connectivity index (χ0v) is 25.6. The molecule has 5 heteroatoms. The first-order valence-corrected chi connectivity index (χ1v) is 15.9. The quantitative estimate of drug-likeness (QED) is 0.150. The second-order valence-electron chi connectivity index (χ2n) is 11.7. The molecule has 1 heterocycles. The number of fused-ring (bicyclic) bond motifs is 1. The fourth-order valence-electron chi connectivity index (χ4n) is 6.13. The second kappa shape index (κ2) is 13.3. The molecule has 0 amide bonds. The van der Waals surface area contributed by atoms with Crippen LogP contribution in [0.25, 0.3) is 23.3 Å². The van der Waals surface area contributed by atoms with E-state index in [2.05, 4.69) is 95.6 Å². The highest BCUT2D eigenvalue weighted by Crippen LogP contribution is 2.29. The summed E-state index contributed by atoms with van der Waals surface area (Å²) >= 11 is 0. The third-order valence-corrected chi connectivity index (χ3v) is 8.65. The predicted molar refractivity (Wildman–Crippen MR) is 190 cm³/mol. The van der Waals surface area contributed by atoms with Crippen molar-refractivity contribution in [2.75, 3.05) is 0 Å². The zero-order chi connectivity index (χ0) is 31.3. The van der Waals surface area contributed by atoms with Crippen LogP contribution in [0.5, 0.6) is 0 Å². The number of hydrogen-bond donors (Lipinski definition) is 4. The van der Waals surface area contributed by atoms with Gasteiger partial charge in [-0.2, -0.15) is 0 Å². The number of benzene rings is 5. The maximum Gasteiger partial charge on any atom is 0.132 e. The Labute approximate surface area is 270 Å². The van der Waals surface area contributed by atoms with Crippen molar-refractivity contribution in [1.29, 1.82) is 5.41 Å². The van der Waals surface area contributed by atoms with Gasteiger partial charge in [0.1, 0.15) is 18.2 Å². The van der Waals surface area contributed by atoms with Crippen molar-refractivity contribution < 1.29 is 0 Å². The lowest BCUT2D eigenvalue weighted by atomic mass is 9.93. The molecule has 0 bridgehead atoms. The Hall–Kier alpha value is -5.36. The average molecular weight is 600 g/mol. The summed E-state index contributed by atoms with van der Waals surface area (Å²) in [5, 5.41) is 18.6. The minimum absolute atomic E-state index is 0.116. The molecule has 5 aromatic rings. The highest BCUT2D eigenvalue weighted by atomic mass is 15.3. The van der Waals surface area contributed by atoms with E-state index >= 15 is 0 Å². The van der Waals surface area contributed by atoms with E-state index in [0.29, 0.717) is 5.71 Å². The predicted octanol–water partition coefficient (Wildman–Crippen LogP) is 6.67. The van der Waals surface area contributed by atoms with Crippen molar-refractivity contribution in [3.05, 3.63) is 178 Å². The van der Waals surface area contributed by atoms with Crippen LogP contribution in [0.3, 0.4) is 0 Å². The number of aliphatic imine (C=N–C) groups is 1. The van der Waals surface area contributed by atoms with E-state index in [1.807, 2.05) is 60.7 Å². The topological polar surface area (TPSA) is 86.3 Å². The van der Waals surface area contributed by atoms with Crippen LogP contribution in [0.15, 0.2) is 145 Å². The maximum absolute atomic E-state index is 8.71. The van der Waals surface area contributed by atoms with Gasteiger partial charge in [-0.1, -0.05) is 133 Å². The molecule has 5 aromatic carbocycles. The van der Waals surface area contributed by atoms with Gasteiger partial charge in [0.05, 0.1) is 5.71 Å². The first kappa shape index (κ1) is 29.4. The van der Waals surface area contributed by atoms with Crippen molar-refractivity contribution in [1.82, 2.24) is 10.6 Å². The molecule has 0 aromatic heterocycles. The molecule has 5 N–H and O–H groups in total. The zero-order valence-electron chi connectivity index (χ0n) is 25.6. The Morgan fingerprint density at radius 1 is 0.739 bits per heavy atom. The molecule has 3 unspecified atom stereocenters. The lowest BCUT2D eigenvalue weighted by Gasteiger charge is -2.33. The second-order valence-corrected chi connectivity index (χ2v) is 11.7. The van der Waals surface area contributed by atoms with Crippen LogP contribution in [0.1, 0.15) is 59.0 Å². The fraction of sp³-hybridized carbons (Fsp3) is 0.122. The highest BCUT2D eigenvalue weighted by molar-refractivity contribution is 6.07. The maximum atomic E-state index is 8.71. The molecule has 1 aliphatic heterocycles. The normalized spacial score (nSPS) is 18.0. The molecule has 0 fully saturated rings. The summed E-state index contributed by atoms with van der Waals surface area (Å²) in [6.45, 7) is 0. The van der Waals surface area contributed by atoms with Crippen molar-refractivity contribution in [2.24, 2.45) is 10.7 Å². The molecule has 5 nitrogen and oxygen atoms in total.